The first-order chi connectivity index (χ1) is 8.56. The van der Waals surface area contributed by atoms with Crippen molar-refractivity contribution in [3.63, 3.8) is 0 Å². The van der Waals surface area contributed by atoms with Crippen molar-refractivity contribution in [3.05, 3.63) is 61.9 Å². The van der Waals surface area contributed by atoms with E-state index in [1.165, 1.54) is 18.3 Å². The van der Waals surface area contributed by atoms with Crippen LogP contribution in [0.2, 0.25) is 5.02 Å². The molecule has 2 aromatic rings. The predicted molar refractivity (Wildman–Crippen MR) is 74.2 cm³/mol. The van der Waals surface area contributed by atoms with Gasteiger partial charge in [0.25, 0.3) is 5.91 Å². The minimum atomic E-state index is -0.305. The van der Waals surface area contributed by atoms with Crippen molar-refractivity contribution in [2.24, 2.45) is 0 Å². The first kappa shape index (κ1) is 12.9. The molecule has 0 aliphatic heterocycles. The summed E-state index contributed by atoms with van der Waals surface area (Å²) in [5, 5.41) is 3.26. The Hall–Kier alpha value is -1.59. The summed E-state index contributed by atoms with van der Waals surface area (Å²) in [6.07, 6.45) is 1.36. The van der Waals surface area contributed by atoms with E-state index in [0.29, 0.717) is 20.7 Å². The zero-order chi connectivity index (χ0) is 13.1. The third kappa shape index (κ3) is 3.00. The van der Waals surface area contributed by atoms with Crippen LogP contribution in [0.3, 0.4) is 0 Å². The topological polar surface area (TPSA) is 62.0 Å². The standard InChI is InChI=1S/C12H8BrClN2O2/c13-9-5-8(2-3-10(9)14)16-12(18)7-1-4-11(17)15-6-7/h1-6H,(H,15,17)(H,16,18). The van der Waals surface area contributed by atoms with Gasteiger partial charge in [0, 0.05) is 22.4 Å². The Kier molecular flexibility index (Phi) is 3.84. The maximum Gasteiger partial charge on any atom is 0.257 e. The number of halogens is 2. The third-order valence-corrected chi connectivity index (χ3v) is 3.44. The monoisotopic (exact) mass is 326 g/mol. The van der Waals surface area contributed by atoms with Crippen LogP contribution in [0.25, 0.3) is 0 Å². The fourth-order valence-corrected chi connectivity index (χ4v) is 1.83. The summed E-state index contributed by atoms with van der Waals surface area (Å²) in [7, 11) is 0. The SMILES string of the molecule is O=C(Nc1ccc(Cl)c(Br)c1)c1ccc(=O)[nH]c1. The highest BCUT2D eigenvalue weighted by Gasteiger charge is 2.07. The first-order valence-electron chi connectivity index (χ1n) is 5.01. The fraction of sp³-hybridized carbons (Fsp3) is 0. The molecule has 0 saturated heterocycles. The zero-order valence-electron chi connectivity index (χ0n) is 9.04. The van der Waals surface area contributed by atoms with E-state index in [9.17, 15) is 9.59 Å². The predicted octanol–water partition coefficient (Wildman–Crippen LogP) is 3.04. The Morgan fingerprint density at radius 2 is 2.06 bits per heavy atom. The number of carbonyl (C=O) groups is 1. The van der Waals surface area contributed by atoms with Crippen LogP contribution in [0.15, 0.2) is 45.8 Å². The van der Waals surface area contributed by atoms with Crippen molar-refractivity contribution in [1.82, 2.24) is 4.98 Å². The van der Waals surface area contributed by atoms with Crippen LogP contribution >= 0.6 is 27.5 Å². The largest absolute Gasteiger partial charge is 0.328 e. The Bertz CT molecular complexity index is 634. The molecule has 0 radical (unpaired) electrons. The minimum Gasteiger partial charge on any atom is -0.328 e. The number of aromatic nitrogens is 1. The van der Waals surface area contributed by atoms with Crippen molar-refractivity contribution < 1.29 is 4.79 Å². The van der Waals surface area contributed by atoms with E-state index in [2.05, 4.69) is 26.2 Å². The minimum absolute atomic E-state index is 0.249. The lowest BCUT2D eigenvalue weighted by Gasteiger charge is -2.06. The van der Waals surface area contributed by atoms with E-state index < -0.39 is 0 Å². The highest BCUT2D eigenvalue weighted by Crippen LogP contribution is 2.25. The molecule has 0 aliphatic rings. The number of amides is 1. The number of H-pyrrole nitrogens is 1. The number of benzene rings is 1. The summed E-state index contributed by atoms with van der Waals surface area (Å²) in [5.41, 5.74) is 0.740. The second kappa shape index (κ2) is 5.37. The van der Waals surface area contributed by atoms with E-state index in [0.717, 1.165) is 0 Å². The molecule has 1 amide bonds. The highest BCUT2D eigenvalue weighted by atomic mass is 79.9. The molecular weight excluding hydrogens is 320 g/mol. The summed E-state index contributed by atoms with van der Waals surface area (Å²) >= 11 is 9.12. The van der Waals surface area contributed by atoms with Gasteiger partial charge in [0.15, 0.2) is 0 Å². The Morgan fingerprint density at radius 3 is 2.67 bits per heavy atom. The molecule has 18 heavy (non-hydrogen) atoms. The van der Waals surface area contributed by atoms with Crippen LogP contribution in [0.1, 0.15) is 10.4 Å². The van der Waals surface area contributed by atoms with Crippen molar-refractivity contribution in [2.45, 2.75) is 0 Å². The molecule has 1 heterocycles. The van der Waals surface area contributed by atoms with E-state index in [4.69, 9.17) is 11.6 Å². The molecule has 0 aliphatic carbocycles. The van der Waals surface area contributed by atoms with Gasteiger partial charge in [0.2, 0.25) is 5.56 Å². The number of hydrogen-bond acceptors (Lipinski definition) is 2. The Balaban J connectivity index is 2.18. The van der Waals surface area contributed by atoms with Crippen LogP contribution in [0, 0.1) is 0 Å². The van der Waals surface area contributed by atoms with Crippen LogP contribution in [-0.4, -0.2) is 10.9 Å². The Morgan fingerprint density at radius 1 is 1.28 bits per heavy atom. The van der Waals surface area contributed by atoms with E-state index in [1.807, 2.05) is 0 Å². The summed E-state index contributed by atoms with van der Waals surface area (Å²) in [4.78, 5) is 25.2. The summed E-state index contributed by atoms with van der Waals surface area (Å²) in [6, 6.07) is 7.82. The van der Waals surface area contributed by atoms with Crippen LogP contribution in [-0.2, 0) is 0 Å². The zero-order valence-corrected chi connectivity index (χ0v) is 11.4. The normalized spacial score (nSPS) is 10.1. The molecule has 1 aromatic carbocycles. The van der Waals surface area contributed by atoms with Gasteiger partial charge in [-0.15, -0.1) is 0 Å². The molecule has 0 atom stereocenters. The smallest absolute Gasteiger partial charge is 0.257 e. The average Bonchev–Trinajstić information content (AvgIpc) is 2.34. The number of carbonyl (C=O) groups excluding carboxylic acids is 1. The van der Waals surface area contributed by atoms with Gasteiger partial charge in [-0.1, -0.05) is 11.6 Å². The van der Waals surface area contributed by atoms with E-state index in [-0.39, 0.29) is 11.5 Å². The lowest BCUT2D eigenvalue weighted by molar-refractivity contribution is 0.102. The van der Waals surface area contributed by atoms with Crippen molar-refractivity contribution in [2.75, 3.05) is 5.32 Å². The molecule has 6 heteroatoms. The number of anilines is 1. The second-order valence-electron chi connectivity index (χ2n) is 3.52. The van der Waals surface area contributed by atoms with Crippen molar-refractivity contribution in [1.29, 1.82) is 0 Å². The average molecular weight is 328 g/mol. The number of aromatic amines is 1. The molecule has 0 fully saturated rings. The van der Waals surface area contributed by atoms with Crippen molar-refractivity contribution in [3.8, 4) is 0 Å². The molecule has 4 nitrogen and oxygen atoms in total. The van der Waals surface area contributed by atoms with Crippen LogP contribution in [0.4, 0.5) is 5.69 Å². The molecule has 2 rings (SSSR count). The van der Waals surface area contributed by atoms with Gasteiger partial charge in [-0.25, -0.2) is 0 Å². The summed E-state index contributed by atoms with van der Waals surface area (Å²) in [5.74, 6) is -0.305. The van der Waals surface area contributed by atoms with E-state index in [1.54, 1.807) is 18.2 Å². The van der Waals surface area contributed by atoms with Gasteiger partial charge in [-0.3, -0.25) is 9.59 Å². The van der Waals surface area contributed by atoms with Gasteiger partial charge in [-0.2, -0.15) is 0 Å². The molecular formula is C12H8BrClN2O2. The molecule has 0 saturated carbocycles. The van der Waals surface area contributed by atoms with Gasteiger partial charge >= 0.3 is 0 Å². The van der Waals surface area contributed by atoms with Crippen molar-refractivity contribution >= 4 is 39.1 Å². The number of rotatable bonds is 2. The Labute approximate surface area is 116 Å². The molecule has 1 aromatic heterocycles. The summed E-state index contributed by atoms with van der Waals surface area (Å²) in [6.45, 7) is 0. The highest BCUT2D eigenvalue weighted by molar-refractivity contribution is 9.10. The van der Waals surface area contributed by atoms with E-state index >= 15 is 0 Å². The van der Waals surface area contributed by atoms with Gasteiger partial charge < -0.3 is 10.3 Å². The first-order valence-corrected chi connectivity index (χ1v) is 6.18. The summed E-state index contributed by atoms with van der Waals surface area (Å²) < 4.78 is 0.698. The second-order valence-corrected chi connectivity index (χ2v) is 4.79. The fourth-order valence-electron chi connectivity index (χ4n) is 1.33. The maximum absolute atomic E-state index is 11.8. The molecule has 0 spiro atoms. The van der Waals surface area contributed by atoms with Gasteiger partial charge in [0.05, 0.1) is 10.6 Å². The number of nitrogens with one attached hydrogen (secondary N) is 2. The third-order valence-electron chi connectivity index (χ3n) is 2.22. The molecule has 0 unspecified atom stereocenters. The lowest BCUT2D eigenvalue weighted by Crippen LogP contribution is -2.14. The maximum atomic E-state index is 11.8. The number of pyridine rings is 1. The van der Waals surface area contributed by atoms with Crippen LogP contribution < -0.4 is 10.9 Å². The van der Waals surface area contributed by atoms with Crippen LogP contribution in [0.5, 0.6) is 0 Å². The number of hydrogen-bond donors (Lipinski definition) is 2. The molecule has 2 N–H and O–H groups in total. The molecule has 92 valence electrons. The molecule has 0 bridgehead atoms. The lowest BCUT2D eigenvalue weighted by atomic mass is 10.2. The quantitative estimate of drug-likeness (QED) is 0.890. The van der Waals surface area contributed by atoms with Gasteiger partial charge in [-0.05, 0) is 40.2 Å². The van der Waals surface area contributed by atoms with Gasteiger partial charge in [0.1, 0.15) is 0 Å².